The highest BCUT2D eigenvalue weighted by Gasteiger charge is 2.17. The van der Waals surface area contributed by atoms with Gasteiger partial charge in [0.25, 0.3) is 0 Å². The van der Waals surface area contributed by atoms with Gasteiger partial charge in [-0.1, -0.05) is 18.5 Å². The van der Waals surface area contributed by atoms with Crippen LogP contribution in [0, 0.1) is 5.92 Å². The van der Waals surface area contributed by atoms with Crippen LogP contribution in [0.3, 0.4) is 0 Å². The molecule has 1 aliphatic rings. The fourth-order valence-electron chi connectivity index (χ4n) is 2.75. The smallest absolute Gasteiger partial charge is 0.137 e. The summed E-state index contributed by atoms with van der Waals surface area (Å²) in [6.07, 6.45) is 6.66. The minimum absolute atomic E-state index is 0.748. The Hall–Kier alpha value is -1.06. The van der Waals surface area contributed by atoms with E-state index in [0.717, 1.165) is 28.8 Å². The number of fused-ring (bicyclic) bond motifs is 1. The van der Waals surface area contributed by atoms with E-state index in [0.29, 0.717) is 0 Å². The molecule has 3 rings (SSSR count). The van der Waals surface area contributed by atoms with Gasteiger partial charge in [0, 0.05) is 25.5 Å². The van der Waals surface area contributed by atoms with Gasteiger partial charge in [-0.05, 0) is 37.4 Å². The summed E-state index contributed by atoms with van der Waals surface area (Å²) in [5.74, 6) is 0.810. The molecule has 0 aromatic carbocycles. The lowest BCUT2D eigenvalue weighted by Crippen LogP contribution is -2.33. The van der Waals surface area contributed by atoms with Crippen molar-refractivity contribution >= 4 is 17.2 Å². The van der Waals surface area contributed by atoms with Crippen LogP contribution in [-0.2, 0) is 6.54 Å². The fraction of sp³-hybridized carbons (Fsp3) is 0.500. The molecule has 1 unspecified atom stereocenters. The van der Waals surface area contributed by atoms with Gasteiger partial charge in [-0.15, -0.1) is 0 Å². The molecule has 2 aromatic heterocycles. The highest BCUT2D eigenvalue weighted by Crippen LogP contribution is 2.18. The summed E-state index contributed by atoms with van der Waals surface area (Å²) in [5, 5.41) is 0.748. The number of likely N-dealkylation sites (tertiary alicyclic amines) is 1. The predicted octanol–water partition coefficient (Wildman–Crippen LogP) is 3.22. The van der Waals surface area contributed by atoms with E-state index in [1.807, 2.05) is 22.7 Å². The van der Waals surface area contributed by atoms with Gasteiger partial charge in [-0.3, -0.25) is 4.90 Å². The number of nitrogens with zero attached hydrogens (tertiary/aromatic N) is 3. The summed E-state index contributed by atoms with van der Waals surface area (Å²) >= 11 is 5.98. The molecule has 0 saturated carbocycles. The van der Waals surface area contributed by atoms with Gasteiger partial charge in [-0.2, -0.15) is 0 Å². The summed E-state index contributed by atoms with van der Waals surface area (Å²) in [6.45, 7) is 5.66. The van der Waals surface area contributed by atoms with E-state index in [1.54, 1.807) is 0 Å². The Morgan fingerprint density at radius 2 is 2.28 bits per heavy atom. The van der Waals surface area contributed by atoms with Crippen molar-refractivity contribution in [2.24, 2.45) is 5.92 Å². The molecule has 1 aliphatic heterocycles. The van der Waals surface area contributed by atoms with E-state index in [4.69, 9.17) is 11.6 Å². The highest BCUT2D eigenvalue weighted by atomic mass is 35.5. The van der Waals surface area contributed by atoms with Crippen molar-refractivity contribution in [3.8, 4) is 0 Å². The summed E-state index contributed by atoms with van der Waals surface area (Å²) in [5.41, 5.74) is 2.10. The molecular weight excluding hydrogens is 246 g/mol. The average Bonchev–Trinajstić information content (AvgIpc) is 2.70. The van der Waals surface area contributed by atoms with E-state index in [-0.39, 0.29) is 0 Å². The Bertz CT molecular complexity index is 549. The molecule has 1 fully saturated rings. The lowest BCUT2D eigenvalue weighted by atomic mass is 10.0. The Morgan fingerprint density at radius 1 is 1.39 bits per heavy atom. The van der Waals surface area contributed by atoms with Crippen molar-refractivity contribution in [1.29, 1.82) is 0 Å². The Labute approximate surface area is 112 Å². The van der Waals surface area contributed by atoms with Crippen LogP contribution in [0.2, 0.25) is 5.02 Å². The fourth-order valence-corrected chi connectivity index (χ4v) is 2.92. The number of pyridine rings is 1. The third kappa shape index (κ3) is 2.52. The van der Waals surface area contributed by atoms with Crippen LogP contribution < -0.4 is 0 Å². The average molecular weight is 264 g/mol. The zero-order chi connectivity index (χ0) is 12.5. The van der Waals surface area contributed by atoms with E-state index < -0.39 is 0 Å². The third-order valence-electron chi connectivity index (χ3n) is 3.59. The maximum atomic E-state index is 5.98. The van der Waals surface area contributed by atoms with Crippen LogP contribution in [-0.4, -0.2) is 27.4 Å². The van der Waals surface area contributed by atoms with Crippen LogP contribution in [0.15, 0.2) is 24.5 Å². The summed E-state index contributed by atoms with van der Waals surface area (Å²) < 4.78 is 2.01. The van der Waals surface area contributed by atoms with E-state index in [2.05, 4.69) is 23.0 Å². The van der Waals surface area contributed by atoms with Crippen LogP contribution in [0.25, 0.3) is 5.65 Å². The van der Waals surface area contributed by atoms with Crippen LogP contribution >= 0.6 is 11.6 Å². The molecule has 2 aromatic rings. The molecule has 3 nitrogen and oxygen atoms in total. The number of aromatic nitrogens is 2. The van der Waals surface area contributed by atoms with Crippen molar-refractivity contribution in [2.45, 2.75) is 26.3 Å². The Morgan fingerprint density at radius 3 is 3.11 bits per heavy atom. The van der Waals surface area contributed by atoms with Gasteiger partial charge >= 0.3 is 0 Å². The molecule has 0 radical (unpaired) electrons. The second-order valence-electron chi connectivity index (χ2n) is 5.33. The minimum Gasteiger partial charge on any atom is -0.305 e. The zero-order valence-electron chi connectivity index (χ0n) is 10.6. The molecule has 4 heteroatoms. The molecule has 1 saturated heterocycles. The topological polar surface area (TPSA) is 20.5 Å². The summed E-state index contributed by atoms with van der Waals surface area (Å²) in [4.78, 5) is 7.13. The predicted molar refractivity (Wildman–Crippen MR) is 73.9 cm³/mol. The first kappa shape index (κ1) is 12.0. The third-order valence-corrected chi connectivity index (χ3v) is 3.82. The normalized spacial score (nSPS) is 21.6. The molecular formula is C14H18ClN3. The van der Waals surface area contributed by atoms with Crippen molar-refractivity contribution < 1.29 is 0 Å². The van der Waals surface area contributed by atoms with Gasteiger partial charge < -0.3 is 4.40 Å². The molecule has 0 aliphatic carbocycles. The van der Waals surface area contributed by atoms with E-state index in [1.165, 1.54) is 25.9 Å². The Kier molecular flexibility index (Phi) is 3.27. The Balaban J connectivity index is 1.78. The number of hydrogen-bond donors (Lipinski definition) is 0. The highest BCUT2D eigenvalue weighted by molar-refractivity contribution is 6.30. The first-order chi connectivity index (χ1) is 8.70. The van der Waals surface area contributed by atoms with Gasteiger partial charge in [-0.25, -0.2) is 4.98 Å². The van der Waals surface area contributed by atoms with Gasteiger partial charge in [0.15, 0.2) is 0 Å². The number of hydrogen-bond acceptors (Lipinski definition) is 2. The summed E-state index contributed by atoms with van der Waals surface area (Å²) in [7, 11) is 0. The molecule has 3 heterocycles. The van der Waals surface area contributed by atoms with Crippen LogP contribution in [0.1, 0.15) is 25.5 Å². The molecule has 0 bridgehead atoms. The van der Waals surface area contributed by atoms with E-state index in [9.17, 15) is 0 Å². The number of halogens is 1. The quantitative estimate of drug-likeness (QED) is 0.829. The molecule has 96 valence electrons. The molecule has 0 N–H and O–H groups in total. The second-order valence-corrected chi connectivity index (χ2v) is 5.76. The first-order valence-electron chi connectivity index (χ1n) is 6.56. The van der Waals surface area contributed by atoms with Crippen molar-refractivity contribution in [3.63, 3.8) is 0 Å². The molecule has 18 heavy (non-hydrogen) atoms. The number of imidazole rings is 1. The molecule has 1 atom stereocenters. The van der Waals surface area contributed by atoms with Crippen LogP contribution in [0.4, 0.5) is 0 Å². The minimum atomic E-state index is 0.748. The largest absolute Gasteiger partial charge is 0.305 e. The van der Waals surface area contributed by atoms with Gasteiger partial charge in [0.2, 0.25) is 0 Å². The van der Waals surface area contributed by atoms with Crippen molar-refractivity contribution in [2.75, 3.05) is 13.1 Å². The van der Waals surface area contributed by atoms with Crippen LogP contribution in [0.5, 0.6) is 0 Å². The van der Waals surface area contributed by atoms with Crippen molar-refractivity contribution in [3.05, 3.63) is 35.2 Å². The lowest BCUT2D eigenvalue weighted by Gasteiger charge is -2.30. The van der Waals surface area contributed by atoms with E-state index >= 15 is 0 Å². The monoisotopic (exact) mass is 263 g/mol. The lowest BCUT2D eigenvalue weighted by molar-refractivity contribution is 0.175. The molecule has 0 amide bonds. The van der Waals surface area contributed by atoms with Gasteiger partial charge in [0.05, 0.1) is 10.7 Å². The number of rotatable bonds is 2. The standard InChI is InChI=1S/C14H18ClN3/c1-11-3-2-6-17(7-11)9-13-10-18-8-12(15)4-5-14(18)16-13/h4-5,8,10-11H,2-3,6-7,9H2,1H3. The summed E-state index contributed by atoms with van der Waals surface area (Å²) in [6, 6.07) is 3.85. The van der Waals surface area contributed by atoms with Crippen molar-refractivity contribution in [1.82, 2.24) is 14.3 Å². The number of piperidine rings is 1. The second kappa shape index (κ2) is 4.90. The van der Waals surface area contributed by atoms with Gasteiger partial charge in [0.1, 0.15) is 5.65 Å². The molecule has 0 spiro atoms. The maximum absolute atomic E-state index is 5.98. The zero-order valence-corrected chi connectivity index (χ0v) is 11.4. The first-order valence-corrected chi connectivity index (χ1v) is 6.94. The maximum Gasteiger partial charge on any atom is 0.137 e. The SMILES string of the molecule is CC1CCCN(Cc2cn3cc(Cl)ccc3n2)C1.